The molecular formula is C34H36N6O5. The summed E-state index contributed by atoms with van der Waals surface area (Å²) in [6, 6.07) is 22.3. The van der Waals surface area contributed by atoms with Gasteiger partial charge >= 0.3 is 18.0 Å². The Morgan fingerprint density at radius 3 is 2.29 bits per heavy atom. The number of carbonyl (C=O) groups is 4. The molecule has 0 bridgehead atoms. The molecule has 0 radical (unpaired) electrons. The summed E-state index contributed by atoms with van der Waals surface area (Å²) in [4.78, 5) is 54.1. The van der Waals surface area contributed by atoms with Gasteiger partial charge in [-0.15, -0.1) is 0 Å². The van der Waals surface area contributed by atoms with Gasteiger partial charge in [-0.05, 0) is 48.9 Å². The summed E-state index contributed by atoms with van der Waals surface area (Å²) in [6.45, 7) is 8.68. The van der Waals surface area contributed by atoms with Crippen LogP contribution in [0.5, 0.6) is 0 Å². The van der Waals surface area contributed by atoms with E-state index < -0.39 is 23.9 Å². The van der Waals surface area contributed by atoms with Crippen molar-refractivity contribution in [1.29, 1.82) is 0 Å². The topological polar surface area (TPSA) is 126 Å². The van der Waals surface area contributed by atoms with E-state index >= 15 is 0 Å². The molecule has 11 heteroatoms. The number of aryl methyl sites for hydroxylation is 1. The Hall–Kier alpha value is -5.45. The van der Waals surface area contributed by atoms with Gasteiger partial charge in [0, 0.05) is 36.7 Å². The van der Waals surface area contributed by atoms with Crippen molar-refractivity contribution in [2.24, 2.45) is 0 Å². The highest BCUT2D eigenvalue weighted by atomic mass is 16.5. The van der Waals surface area contributed by atoms with Crippen LogP contribution in [0.1, 0.15) is 54.4 Å². The number of nitrogens with one attached hydrogen (secondary N) is 2. The molecule has 0 unspecified atom stereocenters. The zero-order valence-electron chi connectivity index (χ0n) is 26.0. The van der Waals surface area contributed by atoms with Crippen molar-refractivity contribution in [3.05, 3.63) is 101 Å². The number of esters is 1. The Balaban J connectivity index is 1.27. The second kappa shape index (κ2) is 12.7. The van der Waals surface area contributed by atoms with Crippen molar-refractivity contribution < 1.29 is 23.9 Å². The number of urea groups is 2. The number of nitrogens with zero attached hydrogens (tertiary/aromatic N) is 4. The van der Waals surface area contributed by atoms with E-state index in [1.807, 2.05) is 37.3 Å². The van der Waals surface area contributed by atoms with Crippen LogP contribution in [0.2, 0.25) is 0 Å². The number of para-hydroxylation sites is 1. The van der Waals surface area contributed by atoms with Gasteiger partial charge in [-0.1, -0.05) is 62.7 Å². The van der Waals surface area contributed by atoms with Crippen LogP contribution in [0.3, 0.4) is 0 Å². The van der Waals surface area contributed by atoms with E-state index in [0.717, 1.165) is 27.4 Å². The second-order valence-electron chi connectivity index (χ2n) is 11.9. The van der Waals surface area contributed by atoms with Crippen LogP contribution < -0.4 is 15.5 Å². The molecule has 1 aromatic heterocycles. The van der Waals surface area contributed by atoms with Gasteiger partial charge in [0.2, 0.25) is 5.91 Å². The molecule has 0 atom stereocenters. The largest absolute Gasteiger partial charge is 0.465 e. The lowest BCUT2D eigenvalue weighted by molar-refractivity contribution is -0.119. The summed E-state index contributed by atoms with van der Waals surface area (Å²) in [6.07, 6.45) is 0.108. The van der Waals surface area contributed by atoms with E-state index in [0.29, 0.717) is 11.5 Å². The van der Waals surface area contributed by atoms with E-state index in [1.54, 1.807) is 52.0 Å². The number of imide groups is 1. The minimum Gasteiger partial charge on any atom is -0.465 e. The molecule has 5 rings (SSSR count). The first-order valence-corrected chi connectivity index (χ1v) is 14.6. The first-order chi connectivity index (χ1) is 21.4. The van der Waals surface area contributed by atoms with Crippen LogP contribution in [-0.4, -0.2) is 52.3 Å². The summed E-state index contributed by atoms with van der Waals surface area (Å²) in [7, 11) is 1.25. The first kappa shape index (κ1) is 31.0. The van der Waals surface area contributed by atoms with Gasteiger partial charge in [-0.3, -0.25) is 10.1 Å². The van der Waals surface area contributed by atoms with Gasteiger partial charge in [0.25, 0.3) is 0 Å². The molecule has 2 N–H and O–H groups in total. The van der Waals surface area contributed by atoms with Gasteiger partial charge in [-0.2, -0.15) is 5.10 Å². The van der Waals surface area contributed by atoms with Crippen LogP contribution in [-0.2, 0) is 21.5 Å². The average molecular weight is 609 g/mol. The fourth-order valence-corrected chi connectivity index (χ4v) is 4.93. The first-order valence-electron chi connectivity index (χ1n) is 14.6. The Morgan fingerprint density at radius 2 is 1.62 bits per heavy atom. The third-order valence-corrected chi connectivity index (χ3v) is 7.44. The number of benzene rings is 3. The lowest BCUT2D eigenvalue weighted by Gasteiger charge is -2.34. The SMILES string of the molecule is COC(=O)c1ccccc1N1C(=O)CCN(Cc2ccc(NC(=O)Nc3cc(C(C)(C)C)nn3-c3ccc(C)cc3)cc2)C1=O. The van der Waals surface area contributed by atoms with Crippen molar-refractivity contribution >= 4 is 41.1 Å². The smallest absolute Gasteiger partial charge is 0.339 e. The van der Waals surface area contributed by atoms with Gasteiger partial charge in [0.05, 0.1) is 29.7 Å². The quantitative estimate of drug-likeness (QED) is 0.238. The van der Waals surface area contributed by atoms with Crippen molar-refractivity contribution in [3.63, 3.8) is 0 Å². The molecular weight excluding hydrogens is 572 g/mol. The number of anilines is 3. The molecule has 1 saturated heterocycles. The summed E-state index contributed by atoms with van der Waals surface area (Å²) in [5, 5.41) is 10.5. The summed E-state index contributed by atoms with van der Waals surface area (Å²) in [5.41, 5.74) is 4.25. The van der Waals surface area contributed by atoms with Gasteiger partial charge in [-0.25, -0.2) is 24.0 Å². The number of ether oxygens (including phenoxy) is 1. The number of rotatable bonds is 7. The zero-order chi connectivity index (χ0) is 32.3. The summed E-state index contributed by atoms with van der Waals surface area (Å²) < 4.78 is 6.55. The van der Waals surface area contributed by atoms with E-state index in [9.17, 15) is 19.2 Å². The predicted octanol–water partition coefficient (Wildman–Crippen LogP) is 6.27. The number of hydrogen-bond donors (Lipinski definition) is 2. The normalized spacial score (nSPS) is 13.5. The lowest BCUT2D eigenvalue weighted by atomic mass is 9.92. The molecule has 232 valence electrons. The number of carbonyl (C=O) groups excluding carboxylic acids is 4. The van der Waals surface area contributed by atoms with Crippen LogP contribution in [0.25, 0.3) is 5.69 Å². The fourth-order valence-electron chi connectivity index (χ4n) is 4.93. The number of amides is 5. The molecule has 2 heterocycles. The lowest BCUT2D eigenvalue weighted by Crippen LogP contribution is -2.52. The van der Waals surface area contributed by atoms with Crippen molar-refractivity contribution in [1.82, 2.24) is 14.7 Å². The van der Waals surface area contributed by atoms with Crippen molar-refractivity contribution in [3.8, 4) is 5.69 Å². The third kappa shape index (κ3) is 6.87. The highest BCUT2D eigenvalue weighted by Crippen LogP contribution is 2.28. The number of hydrogen-bond acceptors (Lipinski definition) is 6. The van der Waals surface area contributed by atoms with Crippen LogP contribution in [0, 0.1) is 6.92 Å². The van der Waals surface area contributed by atoms with Crippen LogP contribution >= 0.6 is 0 Å². The molecule has 3 aromatic carbocycles. The highest BCUT2D eigenvalue weighted by molar-refractivity contribution is 6.18. The van der Waals surface area contributed by atoms with Gasteiger partial charge in [0.1, 0.15) is 5.82 Å². The summed E-state index contributed by atoms with van der Waals surface area (Å²) >= 11 is 0. The Morgan fingerprint density at radius 1 is 0.933 bits per heavy atom. The number of aromatic nitrogens is 2. The van der Waals surface area contributed by atoms with E-state index in [4.69, 9.17) is 9.84 Å². The molecule has 0 spiro atoms. The molecule has 11 nitrogen and oxygen atoms in total. The maximum atomic E-state index is 13.4. The molecule has 0 saturated carbocycles. The predicted molar refractivity (Wildman–Crippen MR) is 172 cm³/mol. The Kier molecular flexibility index (Phi) is 8.71. The Bertz CT molecular complexity index is 1740. The van der Waals surface area contributed by atoms with Crippen molar-refractivity contribution in [2.45, 2.75) is 46.1 Å². The zero-order valence-corrected chi connectivity index (χ0v) is 26.0. The number of methoxy groups -OCH3 is 1. The highest BCUT2D eigenvalue weighted by Gasteiger charge is 2.35. The van der Waals surface area contributed by atoms with E-state index in [-0.39, 0.29) is 36.2 Å². The fraction of sp³-hybridized carbons (Fsp3) is 0.265. The molecule has 5 amide bonds. The molecule has 0 aliphatic carbocycles. The molecule has 1 aliphatic rings. The molecule has 1 fully saturated rings. The van der Waals surface area contributed by atoms with Gasteiger partial charge < -0.3 is 15.0 Å². The van der Waals surface area contributed by atoms with Crippen molar-refractivity contribution in [2.75, 3.05) is 29.2 Å². The maximum absolute atomic E-state index is 13.4. The minimum absolute atomic E-state index is 0.108. The minimum atomic E-state index is -0.635. The standard InChI is InChI=1S/C34H36N6O5/c1-22-10-16-25(17-11-22)40-29(20-28(37-40)34(2,3)4)36-32(43)35-24-14-12-23(13-15-24)21-38-19-18-30(41)39(33(38)44)27-9-7-6-8-26(27)31(42)45-5/h6-17,20H,18-19,21H2,1-5H3,(H2,35,36,43). The monoisotopic (exact) mass is 608 g/mol. The molecule has 45 heavy (non-hydrogen) atoms. The Labute approximate surface area is 261 Å². The maximum Gasteiger partial charge on any atom is 0.339 e. The average Bonchev–Trinajstić information content (AvgIpc) is 3.44. The van der Waals surface area contributed by atoms with Gasteiger partial charge in [0.15, 0.2) is 0 Å². The molecule has 4 aromatic rings. The van der Waals surface area contributed by atoms with Crippen LogP contribution in [0.4, 0.5) is 26.8 Å². The molecule has 1 aliphatic heterocycles. The van der Waals surface area contributed by atoms with E-state index in [2.05, 4.69) is 31.4 Å². The summed E-state index contributed by atoms with van der Waals surface area (Å²) in [5.74, 6) is -0.490. The second-order valence-corrected chi connectivity index (χ2v) is 11.9. The van der Waals surface area contributed by atoms with Crippen LogP contribution in [0.15, 0.2) is 78.9 Å². The van der Waals surface area contributed by atoms with E-state index in [1.165, 1.54) is 13.2 Å². The third-order valence-electron chi connectivity index (χ3n) is 7.44.